The summed E-state index contributed by atoms with van der Waals surface area (Å²) < 4.78 is 31.2. The van der Waals surface area contributed by atoms with E-state index in [0.717, 1.165) is 11.3 Å². The molecule has 118 valence electrons. The Morgan fingerprint density at radius 2 is 1.91 bits per heavy atom. The van der Waals surface area contributed by atoms with Gasteiger partial charge in [-0.25, -0.2) is 17.9 Å². The molecule has 0 saturated heterocycles. The number of hydrogen-bond acceptors (Lipinski definition) is 6. The Labute approximate surface area is 139 Å². The Bertz CT molecular complexity index is 1070. The maximum absolute atomic E-state index is 12.1. The van der Waals surface area contributed by atoms with Gasteiger partial charge in [0.05, 0.1) is 4.34 Å². The Morgan fingerprint density at radius 3 is 2.61 bits per heavy atom. The minimum atomic E-state index is -4.10. The second kappa shape index (κ2) is 5.80. The van der Waals surface area contributed by atoms with Crippen molar-refractivity contribution in [2.24, 2.45) is 0 Å². The lowest BCUT2D eigenvalue weighted by molar-refractivity contribution is 0.0978. The maximum Gasteiger partial charge on any atom is 0.349 e. The van der Waals surface area contributed by atoms with E-state index in [9.17, 15) is 18.0 Å². The van der Waals surface area contributed by atoms with Crippen LogP contribution in [0.1, 0.15) is 10.4 Å². The fourth-order valence-electron chi connectivity index (χ4n) is 1.89. The molecule has 1 amide bonds. The molecule has 23 heavy (non-hydrogen) atoms. The maximum atomic E-state index is 12.1. The molecule has 9 heteroatoms. The minimum Gasteiger partial charge on any atom is -0.422 e. The molecule has 0 aliphatic rings. The number of carbonyl (C=O) groups is 1. The highest BCUT2D eigenvalue weighted by Gasteiger charge is 2.23. The van der Waals surface area contributed by atoms with E-state index >= 15 is 0 Å². The van der Waals surface area contributed by atoms with Crippen LogP contribution >= 0.6 is 22.9 Å². The number of hydrogen-bond donors (Lipinski definition) is 1. The van der Waals surface area contributed by atoms with Crippen LogP contribution in [0.3, 0.4) is 0 Å². The average molecular weight is 370 g/mol. The van der Waals surface area contributed by atoms with Gasteiger partial charge in [0.25, 0.3) is 15.9 Å². The molecular formula is C14H8ClNO5S2. The monoisotopic (exact) mass is 369 g/mol. The zero-order chi connectivity index (χ0) is 16.6. The highest BCUT2D eigenvalue weighted by Crippen LogP contribution is 2.25. The van der Waals surface area contributed by atoms with E-state index in [0.29, 0.717) is 11.0 Å². The third-order valence-electron chi connectivity index (χ3n) is 2.93. The van der Waals surface area contributed by atoms with E-state index in [1.807, 2.05) is 4.72 Å². The Hall–Kier alpha value is -2.16. The topological polar surface area (TPSA) is 93.4 Å². The first-order chi connectivity index (χ1) is 10.9. The van der Waals surface area contributed by atoms with Gasteiger partial charge in [0.1, 0.15) is 15.4 Å². The van der Waals surface area contributed by atoms with Crippen LogP contribution < -0.4 is 10.3 Å². The van der Waals surface area contributed by atoms with Gasteiger partial charge in [0.2, 0.25) is 0 Å². The third kappa shape index (κ3) is 3.14. The first-order valence-electron chi connectivity index (χ1n) is 6.22. The minimum absolute atomic E-state index is 0.124. The van der Waals surface area contributed by atoms with Gasteiger partial charge in [-0.1, -0.05) is 29.8 Å². The lowest BCUT2D eigenvalue weighted by Gasteiger charge is -2.05. The largest absolute Gasteiger partial charge is 0.422 e. The van der Waals surface area contributed by atoms with Crippen LogP contribution in [0.15, 0.2) is 55.9 Å². The highest BCUT2D eigenvalue weighted by atomic mass is 35.5. The number of sulfonamides is 1. The molecule has 6 nitrogen and oxygen atoms in total. The molecule has 0 spiro atoms. The van der Waals surface area contributed by atoms with Crippen molar-refractivity contribution in [3.05, 3.63) is 62.8 Å². The van der Waals surface area contributed by atoms with Crippen LogP contribution in [-0.4, -0.2) is 14.3 Å². The summed E-state index contributed by atoms with van der Waals surface area (Å²) in [6.45, 7) is 0. The number of nitrogens with one attached hydrogen (secondary N) is 1. The van der Waals surface area contributed by atoms with Crippen molar-refractivity contribution < 1.29 is 17.6 Å². The predicted octanol–water partition coefficient (Wildman–Crippen LogP) is 2.63. The molecule has 0 unspecified atom stereocenters. The third-order valence-corrected chi connectivity index (χ3v) is 5.98. The van der Waals surface area contributed by atoms with E-state index < -0.39 is 27.1 Å². The molecule has 3 rings (SSSR count). The summed E-state index contributed by atoms with van der Waals surface area (Å²) in [5.41, 5.74) is -1.00. The van der Waals surface area contributed by atoms with Gasteiger partial charge in [-0.2, -0.15) is 0 Å². The average Bonchev–Trinajstić information content (AvgIpc) is 2.93. The fraction of sp³-hybridized carbons (Fsp3) is 0. The summed E-state index contributed by atoms with van der Waals surface area (Å²) >= 11 is 6.49. The van der Waals surface area contributed by atoms with Crippen LogP contribution in [-0.2, 0) is 10.0 Å². The molecule has 0 aliphatic heterocycles. The number of benzene rings is 1. The van der Waals surface area contributed by atoms with Crippen LogP contribution in [0.25, 0.3) is 11.0 Å². The Morgan fingerprint density at radius 1 is 1.17 bits per heavy atom. The van der Waals surface area contributed by atoms with Gasteiger partial charge in [-0.05, 0) is 24.3 Å². The molecule has 1 aromatic carbocycles. The standard InChI is InChI=1S/C14H8ClNO5S2/c15-11-5-6-12(22-11)23(19,20)16-13(17)9-7-8-3-1-2-4-10(8)21-14(9)18/h1-7H,(H,16,17). The molecule has 0 fully saturated rings. The van der Waals surface area contributed by atoms with Crippen molar-refractivity contribution in [3.63, 3.8) is 0 Å². The van der Waals surface area contributed by atoms with E-state index in [-0.39, 0.29) is 8.55 Å². The first kappa shape index (κ1) is 15.7. The van der Waals surface area contributed by atoms with Gasteiger partial charge in [-0.3, -0.25) is 4.79 Å². The van der Waals surface area contributed by atoms with Crippen molar-refractivity contribution >= 4 is 49.8 Å². The van der Waals surface area contributed by atoms with Crippen LogP contribution in [0.5, 0.6) is 0 Å². The summed E-state index contributed by atoms with van der Waals surface area (Å²) in [4.78, 5) is 24.0. The lowest BCUT2D eigenvalue weighted by Crippen LogP contribution is -2.33. The summed E-state index contributed by atoms with van der Waals surface area (Å²) in [6, 6.07) is 10.5. The van der Waals surface area contributed by atoms with Crippen LogP contribution in [0.2, 0.25) is 4.34 Å². The van der Waals surface area contributed by atoms with Crippen molar-refractivity contribution in [3.8, 4) is 0 Å². The fourth-order valence-corrected chi connectivity index (χ4v) is 4.34. The number of rotatable bonds is 3. The van der Waals surface area contributed by atoms with Crippen LogP contribution in [0.4, 0.5) is 0 Å². The molecular weight excluding hydrogens is 362 g/mol. The number of amides is 1. The lowest BCUT2D eigenvalue weighted by atomic mass is 10.2. The zero-order valence-electron chi connectivity index (χ0n) is 11.3. The molecule has 0 atom stereocenters. The van der Waals surface area contributed by atoms with Gasteiger partial charge in [0.15, 0.2) is 0 Å². The number of para-hydroxylation sites is 1. The highest BCUT2D eigenvalue weighted by molar-refractivity contribution is 7.92. The van der Waals surface area contributed by atoms with E-state index in [1.54, 1.807) is 24.3 Å². The van der Waals surface area contributed by atoms with E-state index in [1.165, 1.54) is 18.2 Å². The smallest absolute Gasteiger partial charge is 0.349 e. The molecule has 0 radical (unpaired) electrons. The van der Waals surface area contributed by atoms with Crippen LogP contribution in [0, 0.1) is 0 Å². The van der Waals surface area contributed by atoms with E-state index in [4.69, 9.17) is 16.0 Å². The molecule has 2 heterocycles. The van der Waals surface area contributed by atoms with Gasteiger partial charge in [0, 0.05) is 5.39 Å². The summed E-state index contributed by atoms with van der Waals surface area (Å²) in [5, 5.41) is 0.508. The number of halogens is 1. The van der Waals surface area contributed by atoms with Crippen molar-refractivity contribution in [2.75, 3.05) is 0 Å². The number of thiophene rings is 1. The molecule has 0 bridgehead atoms. The zero-order valence-corrected chi connectivity index (χ0v) is 13.7. The second-order valence-corrected chi connectivity index (χ2v) is 8.10. The Kier molecular flexibility index (Phi) is 3.97. The summed E-state index contributed by atoms with van der Waals surface area (Å²) in [5.74, 6) is -1.06. The van der Waals surface area contributed by atoms with Gasteiger partial charge >= 0.3 is 5.63 Å². The van der Waals surface area contributed by atoms with E-state index in [2.05, 4.69) is 0 Å². The van der Waals surface area contributed by atoms with Gasteiger partial charge < -0.3 is 4.42 Å². The quantitative estimate of drug-likeness (QED) is 0.716. The predicted molar refractivity (Wildman–Crippen MR) is 86.5 cm³/mol. The van der Waals surface area contributed by atoms with Gasteiger partial charge in [-0.15, -0.1) is 11.3 Å². The SMILES string of the molecule is O=C(NS(=O)(=O)c1ccc(Cl)s1)c1cc2ccccc2oc1=O. The molecule has 2 aromatic heterocycles. The first-order valence-corrected chi connectivity index (χ1v) is 8.90. The molecule has 0 saturated carbocycles. The van der Waals surface area contributed by atoms with Crippen molar-refractivity contribution in [1.82, 2.24) is 4.72 Å². The normalized spacial score (nSPS) is 11.5. The van der Waals surface area contributed by atoms with Crippen molar-refractivity contribution in [2.45, 2.75) is 4.21 Å². The molecule has 0 aliphatic carbocycles. The Balaban J connectivity index is 1.98. The molecule has 3 aromatic rings. The number of fused-ring (bicyclic) bond motifs is 1. The molecule has 1 N–H and O–H groups in total. The second-order valence-electron chi connectivity index (χ2n) is 4.48. The number of carbonyl (C=O) groups excluding carboxylic acids is 1. The summed E-state index contributed by atoms with van der Waals surface area (Å²) in [7, 11) is -4.10. The summed E-state index contributed by atoms with van der Waals surface area (Å²) in [6.07, 6.45) is 0. The van der Waals surface area contributed by atoms with Crippen molar-refractivity contribution in [1.29, 1.82) is 0 Å².